The first kappa shape index (κ1) is 14.7. The number of carbonyl (C=O) groups is 1. The van der Waals surface area contributed by atoms with Crippen molar-refractivity contribution in [3.63, 3.8) is 0 Å². The first-order valence-electron chi connectivity index (χ1n) is 5.25. The molecule has 102 valence electrons. The Bertz CT molecular complexity index is 508. The van der Waals surface area contributed by atoms with Crippen LogP contribution in [0, 0.1) is 0 Å². The van der Waals surface area contributed by atoms with Gasteiger partial charge in [0.05, 0.1) is 7.11 Å². The van der Waals surface area contributed by atoms with Crippen LogP contribution in [0.25, 0.3) is 0 Å². The largest absolute Gasteiger partial charge is 0.463 e. The van der Waals surface area contributed by atoms with Gasteiger partial charge in [-0.25, -0.2) is 17.9 Å². The van der Waals surface area contributed by atoms with Gasteiger partial charge in [0.15, 0.2) is 0 Å². The lowest BCUT2D eigenvalue weighted by molar-refractivity contribution is 0.0559. The van der Waals surface area contributed by atoms with Crippen molar-refractivity contribution in [3.05, 3.63) is 17.9 Å². The normalized spacial score (nSPS) is 13.3. The highest BCUT2D eigenvalue weighted by Gasteiger charge is 2.21. The predicted octanol–water partition coefficient (Wildman–Crippen LogP) is -0.0476. The van der Waals surface area contributed by atoms with E-state index in [1.807, 2.05) is 6.92 Å². The monoisotopic (exact) mass is 276 g/mol. The van der Waals surface area contributed by atoms with E-state index in [1.54, 1.807) is 7.05 Å². The lowest BCUT2D eigenvalue weighted by Gasteiger charge is -2.10. The molecule has 0 bridgehead atoms. The second kappa shape index (κ2) is 5.98. The molecule has 0 fully saturated rings. The Morgan fingerprint density at radius 1 is 1.50 bits per heavy atom. The molecule has 1 aromatic rings. The fourth-order valence-corrected chi connectivity index (χ4v) is 2.14. The molecule has 0 saturated heterocycles. The molecule has 1 rings (SSSR count). The van der Waals surface area contributed by atoms with Gasteiger partial charge in [-0.05, 0) is 26.1 Å². The summed E-state index contributed by atoms with van der Waals surface area (Å²) < 4.78 is 35.3. The first-order chi connectivity index (χ1) is 8.40. The molecule has 7 nitrogen and oxygen atoms in total. The summed E-state index contributed by atoms with van der Waals surface area (Å²) in [5.74, 6) is -0.875. The van der Waals surface area contributed by atoms with Crippen molar-refractivity contribution in [1.29, 1.82) is 0 Å². The van der Waals surface area contributed by atoms with E-state index < -0.39 is 16.0 Å². The lowest BCUT2D eigenvalue weighted by atomic mass is 10.4. The molecule has 1 aromatic heterocycles. The number of nitrogens with one attached hydrogen (secondary N) is 2. The highest BCUT2D eigenvalue weighted by molar-refractivity contribution is 7.89. The molecule has 0 saturated carbocycles. The van der Waals surface area contributed by atoms with Gasteiger partial charge < -0.3 is 14.5 Å². The van der Waals surface area contributed by atoms with E-state index in [-0.39, 0.29) is 23.4 Å². The fraction of sp³-hybridized carbons (Fsp3) is 0.500. The van der Waals surface area contributed by atoms with E-state index in [1.165, 1.54) is 19.2 Å². The molecule has 8 heteroatoms. The molecule has 1 atom stereocenters. The van der Waals surface area contributed by atoms with Crippen LogP contribution in [-0.2, 0) is 14.8 Å². The first-order valence-corrected chi connectivity index (χ1v) is 6.74. The summed E-state index contributed by atoms with van der Waals surface area (Å²) in [5.41, 5.74) is 0. The Morgan fingerprint density at radius 2 is 2.17 bits per heavy atom. The number of ether oxygens (including phenoxy) is 1. The van der Waals surface area contributed by atoms with E-state index in [9.17, 15) is 13.2 Å². The SMILES string of the molecule is CNC(C)CNS(=O)(=O)c1ccc(C(=O)OC)o1. The Labute approximate surface area is 106 Å². The van der Waals surface area contributed by atoms with E-state index >= 15 is 0 Å². The summed E-state index contributed by atoms with van der Waals surface area (Å²) in [6.07, 6.45) is 0. The average molecular weight is 276 g/mol. The summed E-state index contributed by atoms with van der Waals surface area (Å²) in [7, 11) is -0.841. The summed E-state index contributed by atoms with van der Waals surface area (Å²) in [4.78, 5) is 11.1. The van der Waals surface area contributed by atoms with Gasteiger partial charge in [-0.2, -0.15) is 0 Å². The summed E-state index contributed by atoms with van der Waals surface area (Å²) in [5, 5.41) is 2.58. The number of hydrogen-bond acceptors (Lipinski definition) is 6. The van der Waals surface area contributed by atoms with Crippen LogP contribution >= 0.6 is 0 Å². The van der Waals surface area contributed by atoms with Gasteiger partial charge in [-0.3, -0.25) is 0 Å². The topological polar surface area (TPSA) is 97.6 Å². The van der Waals surface area contributed by atoms with E-state index in [0.717, 1.165) is 0 Å². The van der Waals surface area contributed by atoms with E-state index in [0.29, 0.717) is 0 Å². The van der Waals surface area contributed by atoms with Crippen LogP contribution in [0.2, 0.25) is 0 Å². The maximum absolute atomic E-state index is 11.8. The minimum atomic E-state index is -3.75. The Morgan fingerprint density at radius 3 is 2.72 bits per heavy atom. The molecular weight excluding hydrogens is 260 g/mol. The van der Waals surface area contributed by atoms with Gasteiger partial charge in [-0.15, -0.1) is 0 Å². The molecule has 1 unspecified atom stereocenters. The maximum Gasteiger partial charge on any atom is 0.374 e. The molecule has 0 radical (unpaired) electrons. The molecule has 0 aliphatic rings. The van der Waals surface area contributed by atoms with Crippen molar-refractivity contribution >= 4 is 16.0 Å². The van der Waals surface area contributed by atoms with Crippen LogP contribution in [0.15, 0.2) is 21.6 Å². The highest BCUT2D eigenvalue weighted by Crippen LogP contribution is 2.14. The van der Waals surface area contributed by atoms with Crippen molar-refractivity contribution in [2.45, 2.75) is 18.1 Å². The van der Waals surface area contributed by atoms with Crippen LogP contribution in [0.3, 0.4) is 0 Å². The van der Waals surface area contributed by atoms with Crippen LogP contribution < -0.4 is 10.0 Å². The second-order valence-electron chi connectivity index (χ2n) is 3.65. The maximum atomic E-state index is 11.8. The standard InChI is InChI=1S/C10H16N2O5S/c1-7(11-2)6-12-18(14,15)9-5-4-8(17-9)10(13)16-3/h4-5,7,11-12H,6H2,1-3H3. The number of esters is 1. The Hall–Kier alpha value is -1.38. The second-order valence-corrected chi connectivity index (χ2v) is 5.35. The van der Waals surface area contributed by atoms with Crippen molar-refractivity contribution in [3.8, 4) is 0 Å². The Balaban J connectivity index is 2.79. The molecule has 0 aromatic carbocycles. The molecular formula is C10H16N2O5S. The lowest BCUT2D eigenvalue weighted by Crippen LogP contribution is -2.37. The molecule has 0 aliphatic carbocycles. The fourth-order valence-electron chi connectivity index (χ4n) is 1.08. The highest BCUT2D eigenvalue weighted by atomic mass is 32.2. The minimum absolute atomic E-state index is 0.0187. The molecule has 2 N–H and O–H groups in total. The zero-order valence-corrected chi connectivity index (χ0v) is 11.2. The Kier molecular flexibility index (Phi) is 4.88. The third-order valence-corrected chi connectivity index (χ3v) is 3.60. The number of carbonyl (C=O) groups excluding carboxylic acids is 1. The smallest absolute Gasteiger partial charge is 0.374 e. The zero-order chi connectivity index (χ0) is 13.8. The van der Waals surface area contributed by atoms with E-state index in [4.69, 9.17) is 4.42 Å². The van der Waals surface area contributed by atoms with Gasteiger partial charge in [0.1, 0.15) is 0 Å². The number of sulfonamides is 1. The van der Waals surface area contributed by atoms with Crippen molar-refractivity contribution in [2.24, 2.45) is 0 Å². The van der Waals surface area contributed by atoms with Crippen LogP contribution in [-0.4, -0.2) is 41.1 Å². The van der Waals surface area contributed by atoms with Gasteiger partial charge in [0.25, 0.3) is 10.0 Å². The summed E-state index contributed by atoms with van der Waals surface area (Å²) in [6, 6.07) is 2.44. The average Bonchev–Trinajstić information content (AvgIpc) is 2.85. The number of rotatable bonds is 6. The molecule has 0 aliphatic heterocycles. The molecule has 0 amide bonds. The molecule has 1 heterocycles. The summed E-state index contributed by atoms with van der Waals surface area (Å²) >= 11 is 0. The van der Waals surface area contributed by atoms with Crippen molar-refractivity contribution in [2.75, 3.05) is 20.7 Å². The van der Waals surface area contributed by atoms with Crippen molar-refractivity contribution in [1.82, 2.24) is 10.0 Å². The zero-order valence-electron chi connectivity index (χ0n) is 10.4. The number of hydrogen-bond donors (Lipinski definition) is 2. The minimum Gasteiger partial charge on any atom is -0.463 e. The van der Waals surface area contributed by atoms with Gasteiger partial charge in [0.2, 0.25) is 10.9 Å². The predicted molar refractivity (Wildman–Crippen MR) is 63.8 cm³/mol. The summed E-state index contributed by atoms with van der Waals surface area (Å²) in [6.45, 7) is 2.04. The van der Waals surface area contributed by atoms with E-state index in [2.05, 4.69) is 14.8 Å². The number of furan rings is 1. The molecule has 0 spiro atoms. The third kappa shape index (κ3) is 3.56. The van der Waals surface area contributed by atoms with Crippen LogP contribution in [0.4, 0.5) is 0 Å². The third-order valence-electron chi connectivity index (χ3n) is 2.31. The van der Waals surface area contributed by atoms with Gasteiger partial charge in [0, 0.05) is 12.6 Å². The quantitative estimate of drug-likeness (QED) is 0.707. The number of likely N-dealkylation sites (N-methyl/N-ethyl adjacent to an activating group) is 1. The van der Waals surface area contributed by atoms with Gasteiger partial charge in [-0.1, -0.05) is 0 Å². The van der Waals surface area contributed by atoms with Crippen molar-refractivity contribution < 1.29 is 22.4 Å². The number of methoxy groups -OCH3 is 1. The van der Waals surface area contributed by atoms with Crippen LogP contribution in [0.1, 0.15) is 17.5 Å². The van der Waals surface area contributed by atoms with Crippen LogP contribution in [0.5, 0.6) is 0 Å². The van der Waals surface area contributed by atoms with Gasteiger partial charge >= 0.3 is 5.97 Å². The molecule has 18 heavy (non-hydrogen) atoms.